The third-order valence-electron chi connectivity index (χ3n) is 3.02. The molecule has 0 saturated carbocycles. The molecule has 126 valence electrons. The summed E-state index contributed by atoms with van der Waals surface area (Å²) in [6, 6.07) is 10.5. The number of hydrogen-bond acceptors (Lipinski definition) is 3. The molecule has 0 fully saturated rings. The number of carboxylic acids is 1. The molecule has 1 N–H and O–H groups in total. The first-order chi connectivity index (χ1) is 11.3. The van der Waals surface area contributed by atoms with E-state index >= 15 is 0 Å². The summed E-state index contributed by atoms with van der Waals surface area (Å²) in [4.78, 5) is 11.1. The van der Waals surface area contributed by atoms with E-state index in [0.717, 1.165) is 30.0 Å². The summed E-state index contributed by atoms with van der Waals surface area (Å²) < 4.78 is 45.1. The van der Waals surface area contributed by atoms with Crippen molar-refractivity contribution in [2.45, 2.75) is 16.0 Å². The van der Waals surface area contributed by atoms with Gasteiger partial charge in [0.15, 0.2) is 0 Å². The van der Waals surface area contributed by atoms with E-state index in [2.05, 4.69) is 0 Å². The van der Waals surface area contributed by atoms with Crippen molar-refractivity contribution in [2.75, 3.05) is 7.11 Å². The summed E-state index contributed by atoms with van der Waals surface area (Å²) in [5.41, 5.74) is -0.667. The molecular formula is C17H13F3O3S. The van der Waals surface area contributed by atoms with E-state index in [1.807, 2.05) is 0 Å². The number of para-hydroxylation sites is 1. The van der Waals surface area contributed by atoms with Crippen LogP contribution < -0.4 is 4.74 Å². The fourth-order valence-electron chi connectivity index (χ4n) is 1.95. The Balaban J connectivity index is 2.44. The molecule has 7 heteroatoms. The third kappa shape index (κ3) is 4.55. The Morgan fingerprint density at radius 2 is 1.88 bits per heavy atom. The first-order valence-corrected chi connectivity index (χ1v) is 7.56. The van der Waals surface area contributed by atoms with E-state index in [-0.39, 0.29) is 10.5 Å². The van der Waals surface area contributed by atoms with Crippen LogP contribution in [0.4, 0.5) is 13.2 Å². The summed E-state index contributed by atoms with van der Waals surface area (Å²) in [5.74, 6) is -0.749. The van der Waals surface area contributed by atoms with Gasteiger partial charge in [-0.15, -0.1) is 0 Å². The lowest BCUT2D eigenvalue weighted by Gasteiger charge is -2.14. The van der Waals surface area contributed by atoms with Gasteiger partial charge in [0.25, 0.3) is 0 Å². The van der Waals surface area contributed by atoms with Crippen molar-refractivity contribution < 1.29 is 27.8 Å². The highest BCUT2D eigenvalue weighted by Gasteiger charge is 2.34. The van der Waals surface area contributed by atoms with Gasteiger partial charge in [0, 0.05) is 11.0 Å². The number of carboxylic acid groups (broad SMARTS) is 1. The molecule has 2 aromatic rings. The van der Waals surface area contributed by atoms with Gasteiger partial charge in [0.1, 0.15) is 5.75 Å². The first-order valence-electron chi connectivity index (χ1n) is 6.74. The number of rotatable bonds is 5. The fourth-order valence-corrected chi connectivity index (χ4v) is 3.01. The lowest BCUT2D eigenvalue weighted by molar-refractivity contribution is -0.139. The number of methoxy groups -OCH3 is 1. The van der Waals surface area contributed by atoms with Gasteiger partial charge in [-0.25, -0.2) is 4.79 Å². The number of hydrogen-bond donors (Lipinski definition) is 1. The molecule has 0 aliphatic rings. The molecule has 0 unspecified atom stereocenters. The molecule has 0 saturated heterocycles. The molecule has 24 heavy (non-hydrogen) atoms. The van der Waals surface area contributed by atoms with Crippen LogP contribution in [0.2, 0.25) is 0 Å². The topological polar surface area (TPSA) is 46.5 Å². The average molecular weight is 354 g/mol. The SMILES string of the molecule is COc1ccccc1Sc1ccc(/C=C/C(=O)O)cc1C(F)(F)F. The summed E-state index contributed by atoms with van der Waals surface area (Å²) >= 11 is 0.940. The summed E-state index contributed by atoms with van der Waals surface area (Å²) in [5, 5.41) is 8.58. The second-order valence-electron chi connectivity index (χ2n) is 4.68. The Morgan fingerprint density at radius 3 is 2.50 bits per heavy atom. The molecule has 2 rings (SSSR count). The molecule has 0 amide bonds. The average Bonchev–Trinajstić information content (AvgIpc) is 2.53. The van der Waals surface area contributed by atoms with Gasteiger partial charge >= 0.3 is 12.1 Å². The summed E-state index contributed by atoms with van der Waals surface area (Å²) in [6.07, 6.45) is -2.64. The maximum Gasteiger partial charge on any atom is 0.417 e. The maximum atomic E-state index is 13.3. The zero-order valence-electron chi connectivity index (χ0n) is 12.5. The van der Waals surface area contributed by atoms with Crippen LogP contribution in [-0.2, 0) is 11.0 Å². The highest BCUT2D eigenvalue weighted by molar-refractivity contribution is 7.99. The van der Waals surface area contributed by atoms with Crippen molar-refractivity contribution >= 4 is 23.8 Å². The zero-order chi connectivity index (χ0) is 17.7. The minimum Gasteiger partial charge on any atom is -0.496 e. The highest BCUT2D eigenvalue weighted by Crippen LogP contribution is 2.42. The van der Waals surface area contributed by atoms with Gasteiger partial charge < -0.3 is 9.84 Å². The first kappa shape index (κ1) is 17.9. The Labute approximate surface area is 140 Å². The molecule has 2 aromatic carbocycles. The molecule has 0 heterocycles. The molecule has 0 aliphatic carbocycles. The normalized spacial score (nSPS) is 11.7. The maximum absolute atomic E-state index is 13.3. The van der Waals surface area contributed by atoms with Gasteiger partial charge in [-0.1, -0.05) is 30.0 Å². The van der Waals surface area contributed by atoms with E-state index < -0.39 is 17.7 Å². The van der Waals surface area contributed by atoms with Crippen LogP contribution in [0, 0.1) is 0 Å². The zero-order valence-corrected chi connectivity index (χ0v) is 13.3. The van der Waals surface area contributed by atoms with Gasteiger partial charge in [0.05, 0.1) is 17.6 Å². The Bertz CT molecular complexity index is 770. The van der Waals surface area contributed by atoms with E-state index in [9.17, 15) is 18.0 Å². The Kier molecular flexibility index (Phi) is 5.56. The van der Waals surface area contributed by atoms with Gasteiger partial charge in [-0.3, -0.25) is 0 Å². The molecule has 0 aromatic heterocycles. The van der Waals surface area contributed by atoms with E-state index in [1.165, 1.54) is 19.2 Å². The fraction of sp³-hybridized carbons (Fsp3) is 0.118. The highest BCUT2D eigenvalue weighted by atomic mass is 32.2. The molecule has 0 radical (unpaired) electrons. The number of ether oxygens (including phenoxy) is 1. The molecule has 3 nitrogen and oxygen atoms in total. The number of halogens is 3. The quantitative estimate of drug-likeness (QED) is 0.771. The minimum absolute atomic E-state index is 0.0134. The van der Waals surface area contributed by atoms with E-state index in [0.29, 0.717) is 10.6 Å². The van der Waals surface area contributed by atoms with Crippen LogP contribution in [0.1, 0.15) is 11.1 Å². The van der Waals surface area contributed by atoms with Crippen molar-refractivity contribution in [2.24, 2.45) is 0 Å². The predicted molar refractivity (Wildman–Crippen MR) is 85.2 cm³/mol. The lowest BCUT2D eigenvalue weighted by atomic mass is 10.1. The van der Waals surface area contributed by atoms with Crippen molar-refractivity contribution in [3.05, 3.63) is 59.7 Å². The van der Waals surface area contributed by atoms with Crippen LogP contribution in [0.15, 0.2) is 58.3 Å². The Hall–Kier alpha value is -2.41. The van der Waals surface area contributed by atoms with Crippen molar-refractivity contribution in [1.82, 2.24) is 0 Å². The van der Waals surface area contributed by atoms with Crippen LogP contribution in [0.25, 0.3) is 6.08 Å². The van der Waals surface area contributed by atoms with E-state index in [1.54, 1.807) is 24.3 Å². The summed E-state index contributed by atoms with van der Waals surface area (Å²) in [6.45, 7) is 0. The Morgan fingerprint density at radius 1 is 1.17 bits per heavy atom. The van der Waals surface area contributed by atoms with Crippen molar-refractivity contribution in [3.8, 4) is 5.75 Å². The second-order valence-corrected chi connectivity index (χ2v) is 5.76. The molecule has 0 spiro atoms. The molecule has 0 bridgehead atoms. The molecular weight excluding hydrogens is 341 g/mol. The molecule has 0 aliphatic heterocycles. The standard InChI is InChI=1S/C17H13F3O3S/c1-23-13-4-2-3-5-15(13)24-14-8-6-11(7-9-16(21)22)10-12(14)17(18,19)20/h2-10H,1H3,(H,21,22)/b9-7+. The smallest absolute Gasteiger partial charge is 0.417 e. The van der Waals surface area contributed by atoms with Crippen molar-refractivity contribution in [1.29, 1.82) is 0 Å². The summed E-state index contributed by atoms with van der Waals surface area (Å²) in [7, 11) is 1.45. The van der Waals surface area contributed by atoms with E-state index in [4.69, 9.17) is 9.84 Å². The number of aliphatic carboxylic acids is 1. The van der Waals surface area contributed by atoms with Gasteiger partial charge in [0.2, 0.25) is 0 Å². The van der Waals surface area contributed by atoms with Crippen LogP contribution >= 0.6 is 11.8 Å². The number of carbonyl (C=O) groups is 1. The largest absolute Gasteiger partial charge is 0.496 e. The van der Waals surface area contributed by atoms with Crippen LogP contribution in [0.3, 0.4) is 0 Å². The van der Waals surface area contributed by atoms with Crippen LogP contribution in [-0.4, -0.2) is 18.2 Å². The second kappa shape index (κ2) is 7.44. The van der Waals surface area contributed by atoms with Gasteiger partial charge in [-0.05, 0) is 35.9 Å². The monoisotopic (exact) mass is 354 g/mol. The third-order valence-corrected chi connectivity index (χ3v) is 4.15. The van der Waals surface area contributed by atoms with Crippen molar-refractivity contribution in [3.63, 3.8) is 0 Å². The van der Waals surface area contributed by atoms with Gasteiger partial charge in [-0.2, -0.15) is 13.2 Å². The van der Waals surface area contributed by atoms with Crippen LogP contribution in [0.5, 0.6) is 5.75 Å². The lowest BCUT2D eigenvalue weighted by Crippen LogP contribution is -2.07. The molecule has 0 atom stereocenters. The predicted octanol–water partition coefficient (Wildman–Crippen LogP) is 4.96. The minimum atomic E-state index is -4.56. The number of alkyl halides is 3. The number of benzene rings is 2.